The molecule has 0 bridgehead atoms. The summed E-state index contributed by atoms with van der Waals surface area (Å²) in [6, 6.07) is 12.3. The zero-order valence-corrected chi connectivity index (χ0v) is 18.5. The summed E-state index contributed by atoms with van der Waals surface area (Å²) in [5, 5.41) is 2.81. The van der Waals surface area contributed by atoms with E-state index < -0.39 is 10.0 Å². The van der Waals surface area contributed by atoms with E-state index in [1.165, 1.54) is 4.90 Å². The number of piperidine rings is 1. The van der Waals surface area contributed by atoms with Crippen LogP contribution in [0.5, 0.6) is 0 Å². The third-order valence-electron chi connectivity index (χ3n) is 5.84. The average Bonchev–Trinajstić information content (AvgIpc) is 2.77. The molecule has 0 aromatic heterocycles. The van der Waals surface area contributed by atoms with Gasteiger partial charge in [0.25, 0.3) is 0 Å². The van der Waals surface area contributed by atoms with E-state index >= 15 is 0 Å². The van der Waals surface area contributed by atoms with E-state index in [1.807, 2.05) is 31.2 Å². The van der Waals surface area contributed by atoms with Crippen LogP contribution in [0, 0.1) is 6.92 Å². The number of aryl methyl sites for hydroxylation is 2. The van der Waals surface area contributed by atoms with Gasteiger partial charge in [-0.15, -0.1) is 0 Å². The first-order chi connectivity index (χ1) is 14.8. The topological polar surface area (TPSA) is 86.8 Å². The molecule has 1 N–H and O–H groups in total. The Bertz CT molecular complexity index is 1090. The van der Waals surface area contributed by atoms with E-state index in [0.717, 1.165) is 30.4 Å². The third-order valence-corrected chi connectivity index (χ3v) is 7.74. The zero-order chi connectivity index (χ0) is 22.0. The summed E-state index contributed by atoms with van der Waals surface area (Å²) in [5.41, 5.74) is 3.14. The molecule has 4 rings (SSSR count). The van der Waals surface area contributed by atoms with Crippen LogP contribution in [-0.2, 0) is 26.0 Å². The van der Waals surface area contributed by atoms with Crippen molar-refractivity contribution in [2.75, 3.05) is 29.9 Å². The van der Waals surface area contributed by atoms with Crippen LogP contribution < -0.4 is 10.2 Å². The minimum Gasteiger partial charge on any atom is -0.325 e. The van der Waals surface area contributed by atoms with Crippen molar-refractivity contribution >= 4 is 33.2 Å². The van der Waals surface area contributed by atoms with E-state index in [2.05, 4.69) is 5.32 Å². The molecule has 2 aromatic rings. The standard InChI is InChI=1S/C23H27N3O4S/c1-17-5-8-19(9-6-17)24-22(27)16-26-21-11-10-20(15-18(21)7-12-23(26)28)31(29,30)25-13-3-2-4-14-25/h5-6,8-11,15H,2-4,7,12-14,16H2,1H3,(H,24,27). The van der Waals surface area contributed by atoms with Crippen LogP contribution in [0.3, 0.4) is 0 Å². The molecule has 0 radical (unpaired) electrons. The summed E-state index contributed by atoms with van der Waals surface area (Å²) >= 11 is 0. The molecule has 0 unspecified atom stereocenters. The molecule has 1 fully saturated rings. The summed E-state index contributed by atoms with van der Waals surface area (Å²) in [6.07, 6.45) is 3.52. The first-order valence-corrected chi connectivity index (χ1v) is 12.1. The lowest BCUT2D eigenvalue weighted by molar-refractivity contribution is -0.121. The number of hydrogen-bond acceptors (Lipinski definition) is 4. The lowest BCUT2D eigenvalue weighted by Gasteiger charge is -2.30. The van der Waals surface area contributed by atoms with Crippen LogP contribution in [-0.4, -0.2) is 44.2 Å². The minimum absolute atomic E-state index is 0.113. The molecule has 2 aliphatic rings. The van der Waals surface area contributed by atoms with Crippen molar-refractivity contribution < 1.29 is 18.0 Å². The van der Waals surface area contributed by atoms with Gasteiger partial charge in [0.15, 0.2) is 0 Å². The zero-order valence-electron chi connectivity index (χ0n) is 17.6. The van der Waals surface area contributed by atoms with Gasteiger partial charge in [-0.2, -0.15) is 4.31 Å². The fourth-order valence-corrected chi connectivity index (χ4v) is 5.67. The number of amides is 2. The number of nitrogens with zero attached hydrogens (tertiary/aromatic N) is 2. The molecule has 0 spiro atoms. The van der Waals surface area contributed by atoms with Gasteiger partial charge in [0.05, 0.1) is 4.90 Å². The molecule has 0 aliphatic carbocycles. The SMILES string of the molecule is Cc1ccc(NC(=O)CN2C(=O)CCc3cc(S(=O)(=O)N4CCCCC4)ccc32)cc1. The summed E-state index contributed by atoms with van der Waals surface area (Å²) in [7, 11) is -3.54. The molecule has 164 valence electrons. The summed E-state index contributed by atoms with van der Waals surface area (Å²) in [6.45, 7) is 2.94. The first-order valence-electron chi connectivity index (χ1n) is 10.6. The maximum Gasteiger partial charge on any atom is 0.244 e. The molecule has 0 atom stereocenters. The lowest BCUT2D eigenvalue weighted by atomic mass is 10.0. The average molecular weight is 442 g/mol. The Hall–Kier alpha value is -2.71. The van der Waals surface area contributed by atoms with E-state index in [4.69, 9.17) is 0 Å². The predicted octanol–water partition coefficient (Wildman–Crippen LogP) is 3.09. The van der Waals surface area contributed by atoms with Crippen molar-refractivity contribution in [1.29, 1.82) is 0 Å². The molecule has 2 aromatic carbocycles. The molecular weight excluding hydrogens is 414 g/mol. The van der Waals surface area contributed by atoms with Crippen LogP contribution in [0.4, 0.5) is 11.4 Å². The van der Waals surface area contributed by atoms with Crippen LogP contribution in [0.25, 0.3) is 0 Å². The maximum atomic E-state index is 13.0. The molecule has 7 nitrogen and oxygen atoms in total. The van der Waals surface area contributed by atoms with Gasteiger partial charge in [0.2, 0.25) is 21.8 Å². The highest BCUT2D eigenvalue weighted by Crippen LogP contribution is 2.31. The number of sulfonamides is 1. The normalized spacial score (nSPS) is 17.3. The van der Waals surface area contributed by atoms with Gasteiger partial charge in [-0.1, -0.05) is 24.1 Å². The molecule has 1 saturated heterocycles. The Kier molecular flexibility index (Phi) is 6.11. The number of nitrogens with one attached hydrogen (secondary N) is 1. The van der Waals surface area contributed by atoms with Crippen molar-refractivity contribution in [2.45, 2.75) is 43.9 Å². The lowest BCUT2D eigenvalue weighted by Crippen LogP contribution is -2.41. The van der Waals surface area contributed by atoms with Crippen molar-refractivity contribution in [2.24, 2.45) is 0 Å². The Labute approximate surface area is 183 Å². The van der Waals surface area contributed by atoms with E-state index in [-0.39, 0.29) is 29.7 Å². The number of fused-ring (bicyclic) bond motifs is 1. The number of carbonyl (C=O) groups excluding carboxylic acids is 2. The van der Waals surface area contributed by atoms with E-state index in [1.54, 1.807) is 22.5 Å². The second-order valence-electron chi connectivity index (χ2n) is 8.15. The molecule has 0 saturated carbocycles. The number of rotatable bonds is 5. The number of benzene rings is 2. The van der Waals surface area contributed by atoms with Gasteiger partial charge in [0.1, 0.15) is 6.54 Å². The summed E-state index contributed by atoms with van der Waals surface area (Å²) in [4.78, 5) is 26.8. The molecule has 2 aliphatic heterocycles. The number of hydrogen-bond donors (Lipinski definition) is 1. The van der Waals surface area contributed by atoms with Crippen molar-refractivity contribution in [3.63, 3.8) is 0 Å². The van der Waals surface area contributed by atoms with Gasteiger partial charge in [0, 0.05) is 30.9 Å². The minimum atomic E-state index is -3.54. The monoisotopic (exact) mass is 441 g/mol. The Morgan fingerprint density at radius 1 is 1.00 bits per heavy atom. The quantitative estimate of drug-likeness (QED) is 0.773. The highest BCUT2D eigenvalue weighted by molar-refractivity contribution is 7.89. The maximum absolute atomic E-state index is 13.0. The van der Waals surface area contributed by atoms with Crippen molar-refractivity contribution in [1.82, 2.24) is 4.31 Å². The number of anilines is 2. The van der Waals surface area contributed by atoms with Gasteiger partial charge in [-0.3, -0.25) is 9.59 Å². The fourth-order valence-electron chi connectivity index (χ4n) is 4.11. The van der Waals surface area contributed by atoms with Gasteiger partial charge < -0.3 is 10.2 Å². The van der Waals surface area contributed by atoms with E-state index in [0.29, 0.717) is 30.9 Å². The second-order valence-corrected chi connectivity index (χ2v) is 10.1. The summed E-state index contributed by atoms with van der Waals surface area (Å²) in [5.74, 6) is -0.437. The van der Waals surface area contributed by atoms with Gasteiger partial charge >= 0.3 is 0 Å². The second kappa shape index (κ2) is 8.80. The molecule has 8 heteroatoms. The van der Waals surface area contributed by atoms with E-state index in [9.17, 15) is 18.0 Å². The van der Waals surface area contributed by atoms with Crippen molar-refractivity contribution in [3.8, 4) is 0 Å². The van der Waals surface area contributed by atoms with Crippen LogP contribution >= 0.6 is 0 Å². The van der Waals surface area contributed by atoms with Gasteiger partial charge in [-0.25, -0.2) is 8.42 Å². The largest absolute Gasteiger partial charge is 0.325 e. The predicted molar refractivity (Wildman–Crippen MR) is 120 cm³/mol. The smallest absolute Gasteiger partial charge is 0.244 e. The fraction of sp³-hybridized carbons (Fsp3) is 0.391. The Balaban J connectivity index is 1.53. The molecule has 2 amide bonds. The van der Waals surface area contributed by atoms with Crippen LogP contribution in [0.2, 0.25) is 0 Å². The van der Waals surface area contributed by atoms with Gasteiger partial charge in [-0.05, 0) is 62.1 Å². The first kappa shape index (κ1) is 21.5. The third kappa shape index (κ3) is 4.65. The van der Waals surface area contributed by atoms with Crippen LogP contribution in [0.1, 0.15) is 36.8 Å². The van der Waals surface area contributed by atoms with Crippen molar-refractivity contribution in [3.05, 3.63) is 53.6 Å². The Morgan fingerprint density at radius 3 is 2.42 bits per heavy atom. The molecule has 2 heterocycles. The number of carbonyl (C=O) groups is 2. The molecule has 31 heavy (non-hydrogen) atoms. The Morgan fingerprint density at radius 2 is 1.71 bits per heavy atom. The van der Waals surface area contributed by atoms with Crippen LogP contribution in [0.15, 0.2) is 47.4 Å². The highest BCUT2D eigenvalue weighted by atomic mass is 32.2. The summed E-state index contributed by atoms with van der Waals surface area (Å²) < 4.78 is 27.6. The highest BCUT2D eigenvalue weighted by Gasteiger charge is 2.30. The molecular formula is C23H27N3O4S.